The van der Waals surface area contributed by atoms with E-state index in [4.69, 9.17) is 9.47 Å². The van der Waals surface area contributed by atoms with Crippen molar-refractivity contribution in [1.29, 1.82) is 0 Å². The van der Waals surface area contributed by atoms with E-state index < -0.39 is 0 Å². The lowest BCUT2D eigenvalue weighted by Gasteiger charge is -2.13. The lowest BCUT2D eigenvalue weighted by Crippen LogP contribution is -2.15. The summed E-state index contributed by atoms with van der Waals surface area (Å²) >= 11 is 0. The minimum Gasteiger partial charge on any atom is -0.352 e. The van der Waals surface area contributed by atoms with Gasteiger partial charge in [0.2, 0.25) is 0 Å². The molecule has 2 heterocycles. The van der Waals surface area contributed by atoms with E-state index in [-0.39, 0.29) is 6.29 Å². The largest absolute Gasteiger partial charge is 0.352 e. The predicted molar refractivity (Wildman–Crippen MR) is 44.6 cm³/mol. The van der Waals surface area contributed by atoms with Gasteiger partial charge in [-0.1, -0.05) is 12.8 Å². The molecule has 3 atom stereocenters. The summed E-state index contributed by atoms with van der Waals surface area (Å²) in [6, 6.07) is 0. The van der Waals surface area contributed by atoms with Crippen molar-refractivity contribution >= 4 is 0 Å². The molecule has 0 aromatic rings. The molecule has 0 N–H and O–H groups in total. The molecule has 12 heavy (non-hydrogen) atoms. The topological polar surface area (TPSA) is 18.5 Å². The van der Waals surface area contributed by atoms with Crippen LogP contribution >= 0.6 is 0 Å². The van der Waals surface area contributed by atoms with Gasteiger partial charge in [0.1, 0.15) is 0 Å². The van der Waals surface area contributed by atoms with E-state index >= 15 is 0 Å². The molecule has 2 aliphatic heterocycles. The van der Waals surface area contributed by atoms with E-state index in [1.54, 1.807) is 0 Å². The fourth-order valence-electron chi connectivity index (χ4n) is 2.58. The molecule has 0 unspecified atom stereocenters. The Balaban J connectivity index is 1.62. The van der Waals surface area contributed by atoms with Crippen LogP contribution in [0.25, 0.3) is 0 Å². The zero-order chi connectivity index (χ0) is 7.97. The molecule has 3 aliphatic rings. The Labute approximate surface area is 73.2 Å². The molecule has 2 saturated heterocycles. The van der Waals surface area contributed by atoms with Crippen LogP contribution < -0.4 is 0 Å². The predicted octanol–water partition coefficient (Wildman–Crippen LogP) is 1.80. The summed E-state index contributed by atoms with van der Waals surface area (Å²) in [6.07, 6.45) is 5.75. The normalized spacial score (nSPS) is 46.5. The van der Waals surface area contributed by atoms with Gasteiger partial charge in [0.15, 0.2) is 6.29 Å². The smallest absolute Gasteiger partial charge is 0.160 e. The lowest BCUT2D eigenvalue weighted by molar-refractivity contribution is -0.0905. The van der Waals surface area contributed by atoms with Crippen molar-refractivity contribution in [2.75, 3.05) is 13.2 Å². The Morgan fingerprint density at radius 2 is 2.00 bits per heavy atom. The van der Waals surface area contributed by atoms with Crippen molar-refractivity contribution in [1.82, 2.24) is 0 Å². The molecule has 0 spiro atoms. The first-order valence-electron chi connectivity index (χ1n) is 5.16. The molecular formula is C10H16O2. The van der Waals surface area contributed by atoms with Crippen LogP contribution in [0, 0.1) is 17.8 Å². The molecule has 3 fully saturated rings. The van der Waals surface area contributed by atoms with Gasteiger partial charge in [-0.2, -0.15) is 0 Å². The van der Waals surface area contributed by atoms with E-state index in [1.807, 2.05) is 0 Å². The Morgan fingerprint density at radius 3 is 2.83 bits per heavy atom. The summed E-state index contributed by atoms with van der Waals surface area (Å²) in [5, 5.41) is 0. The maximum absolute atomic E-state index is 5.60. The van der Waals surface area contributed by atoms with Crippen molar-refractivity contribution in [2.24, 2.45) is 17.8 Å². The molecule has 0 aromatic heterocycles. The molecule has 68 valence electrons. The van der Waals surface area contributed by atoms with Crippen molar-refractivity contribution in [3.8, 4) is 0 Å². The van der Waals surface area contributed by atoms with E-state index in [2.05, 4.69) is 0 Å². The first-order valence-corrected chi connectivity index (χ1v) is 5.16. The van der Waals surface area contributed by atoms with Gasteiger partial charge in [0.25, 0.3) is 0 Å². The third kappa shape index (κ3) is 1.17. The highest BCUT2D eigenvalue weighted by atomic mass is 16.7. The fraction of sp³-hybridized carbons (Fsp3) is 1.00. The third-order valence-corrected chi connectivity index (χ3v) is 3.50. The summed E-state index contributed by atoms with van der Waals surface area (Å²) in [6.45, 7) is 1.89. The third-order valence-electron chi connectivity index (χ3n) is 3.50. The first-order chi connectivity index (χ1) is 5.93. The number of ether oxygens (including phenoxy) is 2. The SMILES string of the molecule is C1C[C@H]2[C@@H](CC3CC3)CO[C@H]2O1. The molecule has 1 saturated carbocycles. The second-order valence-electron chi connectivity index (χ2n) is 4.46. The fourth-order valence-corrected chi connectivity index (χ4v) is 2.58. The summed E-state index contributed by atoms with van der Waals surface area (Å²) < 4.78 is 11.1. The van der Waals surface area contributed by atoms with E-state index in [0.717, 1.165) is 31.0 Å². The highest BCUT2D eigenvalue weighted by Gasteiger charge is 2.43. The van der Waals surface area contributed by atoms with Crippen molar-refractivity contribution in [3.63, 3.8) is 0 Å². The standard InChI is InChI=1S/C10H16O2/c1-2-7(1)5-8-6-12-10-9(8)3-4-11-10/h7-10H,1-6H2/t8-,9-,10+/m0/s1. The van der Waals surface area contributed by atoms with Gasteiger partial charge in [-0.05, 0) is 24.7 Å². The number of hydrogen-bond acceptors (Lipinski definition) is 2. The minimum atomic E-state index is 0.175. The zero-order valence-corrected chi connectivity index (χ0v) is 7.37. The summed E-state index contributed by atoms with van der Waals surface area (Å²) in [4.78, 5) is 0. The average Bonchev–Trinajstić information content (AvgIpc) is 2.63. The minimum absolute atomic E-state index is 0.175. The quantitative estimate of drug-likeness (QED) is 0.626. The van der Waals surface area contributed by atoms with Gasteiger partial charge >= 0.3 is 0 Å². The van der Waals surface area contributed by atoms with E-state index in [0.29, 0.717) is 0 Å². The van der Waals surface area contributed by atoms with Gasteiger partial charge in [-0.3, -0.25) is 0 Å². The number of fused-ring (bicyclic) bond motifs is 1. The number of hydrogen-bond donors (Lipinski definition) is 0. The van der Waals surface area contributed by atoms with Crippen LogP contribution in [-0.2, 0) is 9.47 Å². The van der Waals surface area contributed by atoms with Crippen LogP contribution in [0.15, 0.2) is 0 Å². The molecule has 1 aliphatic carbocycles. The first kappa shape index (κ1) is 7.34. The van der Waals surface area contributed by atoms with Crippen LogP contribution in [0.2, 0.25) is 0 Å². The van der Waals surface area contributed by atoms with Crippen LogP contribution in [0.5, 0.6) is 0 Å². The highest BCUT2D eigenvalue weighted by molar-refractivity contribution is 4.87. The van der Waals surface area contributed by atoms with E-state index in [1.165, 1.54) is 25.7 Å². The monoisotopic (exact) mass is 168 g/mol. The average molecular weight is 168 g/mol. The second-order valence-corrected chi connectivity index (χ2v) is 4.46. The van der Waals surface area contributed by atoms with Crippen LogP contribution in [0.3, 0.4) is 0 Å². The zero-order valence-electron chi connectivity index (χ0n) is 7.37. The highest BCUT2D eigenvalue weighted by Crippen LogP contribution is 2.44. The van der Waals surface area contributed by atoms with Crippen LogP contribution in [0.4, 0.5) is 0 Å². The summed E-state index contributed by atoms with van der Waals surface area (Å²) in [7, 11) is 0. The maximum Gasteiger partial charge on any atom is 0.160 e. The van der Waals surface area contributed by atoms with Gasteiger partial charge in [0.05, 0.1) is 13.2 Å². The Kier molecular flexibility index (Phi) is 1.66. The summed E-state index contributed by atoms with van der Waals surface area (Å²) in [5.74, 6) is 2.61. The van der Waals surface area contributed by atoms with Crippen LogP contribution in [-0.4, -0.2) is 19.5 Å². The van der Waals surface area contributed by atoms with Crippen LogP contribution in [0.1, 0.15) is 25.7 Å². The molecule has 0 amide bonds. The Bertz CT molecular complexity index is 177. The lowest BCUT2D eigenvalue weighted by atomic mass is 9.89. The molecule has 2 heteroatoms. The summed E-state index contributed by atoms with van der Waals surface area (Å²) in [5.41, 5.74) is 0. The molecule has 3 rings (SSSR count). The molecular weight excluding hydrogens is 152 g/mol. The maximum atomic E-state index is 5.60. The van der Waals surface area contributed by atoms with Gasteiger partial charge in [0, 0.05) is 5.92 Å². The molecule has 0 radical (unpaired) electrons. The van der Waals surface area contributed by atoms with Gasteiger partial charge in [-0.15, -0.1) is 0 Å². The van der Waals surface area contributed by atoms with Crippen molar-refractivity contribution in [2.45, 2.75) is 32.0 Å². The molecule has 2 nitrogen and oxygen atoms in total. The van der Waals surface area contributed by atoms with Crippen molar-refractivity contribution < 1.29 is 9.47 Å². The van der Waals surface area contributed by atoms with Gasteiger partial charge in [-0.25, -0.2) is 0 Å². The van der Waals surface area contributed by atoms with E-state index in [9.17, 15) is 0 Å². The Hall–Kier alpha value is -0.0800. The van der Waals surface area contributed by atoms with Gasteiger partial charge < -0.3 is 9.47 Å². The van der Waals surface area contributed by atoms with Crippen molar-refractivity contribution in [3.05, 3.63) is 0 Å². The second kappa shape index (κ2) is 2.71. The number of rotatable bonds is 2. The molecule has 0 bridgehead atoms. The Morgan fingerprint density at radius 1 is 1.08 bits per heavy atom. The molecule has 0 aromatic carbocycles.